The van der Waals surface area contributed by atoms with E-state index in [4.69, 9.17) is 0 Å². The van der Waals surface area contributed by atoms with E-state index in [1.807, 2.05) is 6.07 Å². The smallest absolute Gasteiger partial charge is 0.225 e. The lowest BCUT2D eigenvalue weighted by Crippen LogP contribution is -2.46. The van der Waals surface area contributed by atoms with Crippen molar-refractivity contribution in [2.24, 2.45) is 0 Å². The molecular formula is C20H28N4O. The van der Waals surface area contributed by atoms with Crippen LogP contribution >= 0.6 is 0 Å². The number of aryl methyl sites for hydroxylation is 1. The van der Waals surface area contributed by atoms with Gasteiger partial charge in [0.1, 0.15) is 5.75 Å². The van der Waals surface area contributed by atoms with Crippen molar-refractivity contribution in [2.75, 3.05) is 31.1 Å². The van der Waals surface area contributed by atoms with Crippen LogP contribution < -0.4 is 4.90 Å². The number of benzene rings is 1. The molecule has 1 aromatic heterocycles. The van der Waals surface area contributed by atoms with E-state index in [9.17, 15) is 5.11 Å². The van der Waals surface area contributed by atoms with Crippen LogP contribution in [0.1, 0.15) is 37.5 Å². The van der Waals surface area contributed by atoms with Gasteiger partial charge in [0.05, 0.1) is 0 Å². The Kier molecular flexibility index (Phi) is 4.95. The van der Waals surface area contributed by atoms with Gasteiger partial charge in [-0.2, -0.15) is 0 Å². The minimum atomic E-state index is -0.0613. The number of anilines is 1. The van der Waals surface area contributed by atoms with E-state index >= 15 is 0 Å². The Balaban J connectivity index is 1.69. The first-order valence-electron chi connectivity index (χ1n) is 8.92. The molecule has 5 nitrogen and oxygen atoms in total. The second-order valence-corrected chi connectivity index (χ2v) is 7.88. The Hall–Kier alpha value is -2.14. The van der Waals surface area contributed by atoms with Gasteiger partial charge in [-0.3, -0.25) is 4.90 Å². The number of nitrogens with zero attached hydrogens (tertiary/aromatic N) is 4. The van der Waals surface area contributed by atoms with Crippen molar-refractivity contribution < 1.29 is 5.11 Å². The van der Waals surface area contributed by atoms with Crippen LogP contribution in [0.3, 0.4) is 0 Å². The van der Waals surface area contributed by atoms with Crippen molar-refractivity contribution in [3.05, 3.63) is 47.3 Å². The average Bonchev–Trinajstić information content (AvgIpc) is 2.58. The topological polar surface area (TPSA) is 52.5 Å². The molecule has 134 valence electrons. The van der Waals surface area contributed by atoms with E-state index in [-0.39, 0.29) is 5.41 Å². The summed E-state index contributed by atoms with van der Waals surface area (Å²) in [6.07, 6.45) is 3.57. The highest BCUT2D eigenvalue weighted by molar-refractivity contribution is 5.46. The summed E-state index contributed by atoms with van der Waals surface area (Å²) in [4.78, 5) is 13.3. The molecule has 0 amide bonds. The highest BCUT2D eigenvalue weighted by Gasteiger charge is 2.23. The number of phenolic OH excluding ortho intramolecular Hbond substituents is 1. The van der Waals surface area contributed by atoms with Crippen molar-refractivity contribution in [1.82, 2.24) is 14.9 Å². The fourth-order valence-electron chi connectivity index (χ4n) is 3.35. The molecule has 1 N–H and O–H groups in total. The second kappa shape index (κ2) is 7.00. The van der Waals surface area contributed by atoms with Gasteiger partial charge < -0.3 is 10.0 Å². The summed E-state index contributed by atoms with van der Waals surface area (Å²) in [7, 11) is 0. The van der Waals surface area contributed by atoms with Crippen LogP contribution in [0.15, 0.2) is 30.6 Å². The normalized spacial score (nSPS) is 16.2. The summed E-state index contributed by atoms with van der Waals surface area (Å²) in [5.41, 5.74) is 3.19. The van der Waals surface area contributed by atoms with Crippen molar-refractivity contribution in [2.45, 2.75) is 39.7 Å². The van der Waals surface area contributed by atoms with E-state index in [0.717, 1.165) is 49.8 Å². The maximum absolute atomic E-state index is 10.8. The molecule has 1 aromatic carbocycles. The third-order valence-corrected chi connectivity index (χ3v) is 4.74. The Morgan fingerprint density at radius 3 is 2.28 bits per heavy atom. The first kappa shape index (κ1) is 17.7. The van der Waals surface area contributed by atoms with Gasteiger partial charge in [-0.1, -0.05) is 38.5 Å². The lowest BCUT2D eigenvalue weighted by Gasteiger charge is -2.35. The van der Waals surface area contributed by atoms with Crippen molar-refractivity contribution >= 4 is 5.95 Å². The zero-order valence-electron chi connectivity index (χ0n) is 15.7. The number of hydrogen-bond donors (Lipinski definition) is 1. The fraction of sp³-hybridized carbons (Fsp3) is 0.500. The highest BCUT2D eigenvalue weighted by Crippen LogP contribution is 2.35. The van der Waals surface area contributed by atoms with Gasteiger partial charge in [-0.15, -0.1) is 0 Å². The molecule has 0 spiro atoms. The van der Waals surface area contributed by atoms with E-state index in [1.54, 1.807) is 12.4 Å². The van der Waals surface area contributed by atoms with Gasteiger partial charge >= 0.3 is 0 Å². The lowest BCUT2D eigenvalue weighted by atomic mass is 9.84. The number of hydrogen-bond acceptors (Lipinski definition) is 5. The molecule has 0 bridgehead atoms. The van der Waals surface area contributed by atoms with Crippen molar-refractivity contribution in [1.29, 1.82) is 0 Å². The zero-order chi connectivity index (χ0) is 18.0. The third-order valence-electron chi connectivity index (χ3n) is 4.74. The van der Waals surface area contributed by atoms with Crippen molar-refractivity contribution in [3.63, 3.8) is 0 Å². The third kappa shape index (κ3) is 4.10. The molecule has 0 atom stereocenters. The van der Waals surface area contributed by atoms with Crippen molar-refractivity contribution in [3.8, 4) is 5.75 Å². The molecule has 1 aliphatic heterocycles. The molecule has 2 aromatic rings. The minimum Gasteiger partial charge on any atom is -0.507 e. The van der Waals surface area contributed by atoms with Crippen LogP contribution in [0.25, 0.3) is 0 Å². The first-order chi connectivity index (χ1) is 11.8. The molecule has 3 rings (SSSR count). The van der Waals surface area contributed by atoms with Gasteiger partial charge in [0.15, 0.2) is 0 Å². The predicted octanol–water partition coefficient (Wildman–Crippen LogP) is 3.11. The maximum Gasteiger partial charge on any atom is 0.225 e. The van der Waals surface area contributed by atoms with Gasteiger partial charge in [-0.05, 0) is 24.0 Å². The molecule has 1 aliphatic rings. The molecule has 1 saturated heterocycles. The van der Waals surface area contributed by atoms with Gasteiger partial charge in [0.25, 0.3) is 0 Å². The molecule has 0 radical (unpaired) electrons. The number of aromatic hydroxyl groups is 1. The molecule has 0 aliphatic carbocycles. The Bertz CT molecular complexity index is 716. The van der Waals surface area contributed by atoms with Gasteiger partial charge in [0, 0.05) is 50.7 Å². The molecule has 0 unspecified atom stereocenters. The molecule has 2 heterocycles. The second-order valence-electron chi connectivity index (χ2n) is 7.88. The van der Waals surface area contributed by atoms with E-state index in [0.29, 0.717) is 5.75 Å². The number of aromatic nitrogens is 2. The summed E-state index contributed by atoms with van der Waals surface area (Å²) in [5, 5.41) is 10.8. The standard InChI is InChI=1S/C20H28N4O/c1-15-12-16(18(25)17(13-15)20(2,3)4)14-23-8-10-24(11-9-23)19-21-6-5-7-22-19/h5-7,12-13,25H,8-11,14H2,1-4H3. The highest BCUT2D eigenvalue weighted by atomic mass is 16.3. The van der Waals surface area contributed by atoms with Crippen LogP contribution in [0.2, 0.25) is 0 Å². The van der Waals surface area contributed by atoms with E-state index in [2.05, 4.69) is 59.6 Å². The minimum absolute atomic E-state index is 0.0613. The molecular weight excluding hydrogens is 312 g/mol. The maximum atomic E-state index is 10.8. The largest absolute Gasteiger partial charge is 0.507 e. The summed E-state index contributed by atoms with van der Waals surface area (Å²) < 4.78 is 0. The Morgan fingerprint density at radius 1 is 1.04 bits per heavy atom. The van der Waals surface area contributed by atoms with E-state index < -0.39 is 0 Å². The first-order valence-corrected chi connectivity index (χ1v) is 8.92. The van der Waals surface area contributed by atoms with Gasteiger partial charge in [-0.25, -0.2) is 9.97 Å². The van der Waals surface area contributed by atoms with Crippen LogP contribution in [-0.2, 0) is 12.0 Å². The predicted molar refractivity (Wildman–Crippen MR) is 101 cm³/mol. The Labute approximate surface area is 150 Å². The number of phenols is 1. The summed E-state index contributed by atoms with van der Waals surface area (Å²) in [5.74, 6) is 1.25. The summed E-state index contributed by atoms with van der Waals surface area (Å²) >= 11 is 0. The molecule has 0 saturated carbocycles. The van der Waals surface area contributed by atoms with E-state index in [1.165, 1.54) is 5.56 Å². The number of piperazine rings is 1. The quantitative estimate of drug-likeness (QED) is 0.930. The fourth-order valence-corrected chi connectivity index (χ4v) is 3.35. The Morgan fingerprint density at radius 2 is 1.68 bits per heavy atom. The van der Waals surface area contributed by atoms with Crippen LogP contribution in [-0.4, -0.2) is 46.2 Å². The summed E-state index contributed by atoms with van der Waals surface area (Å²) in [6.45, 7) is 13.0. The number of rotatable bonds is 3. The molecule has 1 fully saturated rings. The van der Waals surface area contributed by atoms with Gasteiger partial charge in [0.2, 0.25) is 5.95 Å². The van der Waals surface area contributed by atoms with Crippen LogP contribution in [0.5, 0.6) is 5.75 Å². The average molecular weight is 340 g/mol. The zero-order valence-corrected chi connectivity index (χ0v) is 15.7. The lowest BCUT2D eigenvalue weighted by molar-refractivity contribution is 0.245. The SMILES string of the molecule is Cc1cc(CN2CCN(c3ncccn3)CC2)c(O)c(C(C)(C)C)c1. The molecule has 25 heavy (non-hydrogen) atoms. The van der Waals surface area contributed by atoms with Crippen LogP contribution in [0.4, 0.5) is 5.95 Å². The summed E-state index contributed by atoms with van der Waals surface area (Å²) in [6, 6.07) is 6.05. The van der Waals surface area contributed by atoms with Crippen LogP contribution in [0, 0.1) is 6.92 Å². The molecule has 5 heteroatoms. The monoisotopic (exact) mass is 340 g/mol.